The number of hydrogen-bond acceptors (Lipinski definition) is 2. The lowest BCUT2D eigenvalue weighted by atomic mass is 10.0. The number of halogens is 2. The average Bonchev–Trinajstić information content (AvgIpc) is 2.91. The number of amides is 1. The summed E-state index contributed by atoms with van der Waals surface area (Å²) in [6.07, 6.45) is 2.62. The molecule has 1 unspecified atom stereocenters. The lowest BCUT2D eigenvalue weighted by molar-refractivity contribution is -0.121. The van der Waals surface area contributed by atoms with Gasteiger partial charge in [-0.2, -0.15) is 0 Å². The van der Waals surface area contributed by atoms with E-state index < -0.39 is 5.82 Å². The third kappa shape index (κ3) is 4.48. The Bertz CT molecular complexity index is 447. The van der Waals surface area contributed by atoms with Gasteiger partial charge >= 0.3 is 0 Å². The van der Waals surface area contributed by atoms with E-state index in [1.165, 1.54) is 12.1 Å². The maximum Gasteiger partial charge on any atom is 0.220 e. The summed E-state index contributed by atoms with van der Waals surface area (Å²) in [7, 11) is 0. The van der Waals surface area contributed by atoms with Crippen molar-refractivity contribution >= 4 is 17.5 Å². The summed E-state index contributed by atoms with van der Waals surface area (Å²) in [6.45, 7) is 2.46. The highest BCUT2D eigenvalue weighted by Crippen LogP contribution is 2.16. The molecular weight excluding hydrogens is 267 g/mol. The summed E-state index contributed by atoms with van der Waals surface area (Å²) < 4.78 is 13.0. The first-order chi connectivity index (χ1) is 9.15. The molecule has 1 aromatic rings. The lowest BCUT2D eigenvalue weighted by Gasteiger charge is -2.09. The predicted octanol–water partition coefficient (Wildman–Crippen LogP) is 2.49. The fraction of sp³-hybridized carbons (Fsp3) is 0.500. The molecule has 1 aliphatic heterocycles. The molecule has 1 atom stereocenters. The Morgan fingerprint density at radius 1 is 1.53 bits per heavy atom. The van der Waals surface area contributed by atoms with Crippen LogP contribution in [-0.2, 0) is 11.3 Å². The van der Waals surface area contributed by atoms with E-state index in [0.29, 0.717) is 18.9 Å². The van der Waals surface area contributed by atoms with Crippen LogP contribution < -0.4 is 10.6 Å². The summed E-state index contributed by atoms with van der Waals surface area (Å²) in [5.41, 5.74) is 0.808. The molecule has 1 heterocycles. The zero-order valence-corrected chi connectivity index (χ0v) is 11.5. The van der Waals surface area contributed by atoms with Crippen LogP contribution in [0, 0.1) is 11.7 Å². The molecule has 0 aromatic heterocycles. The second-order valence-corrected chi connectivity index (χ2v) is 5.33. The molecule has 0 saturated carbocycles. The van der Waals surface area contributed by atoms with Gasteiger partial charge in [0.15, 0.2) is 0 Å². The zero-order valence-electron chi connectivity index (χ0n) is 10.7. The van der Waals surface area contributed by atoms with E-state index in [1.807, 2.05) is 0 Å². The van der Waals surface area contributed by atoms with Crippen molar-refractivity contribution in [1.82, 2.24) is 10.6 Å². The van der Waals surface area contributed by atoms with Crippen molar-refractivity contribution in [2.75, 3.05) is 13.1 Å². The van der Waals surface area contributed by atoms with Gasteiger partial charge in [0.25, 0.3) is 0 Å². The van der Waals surface area contributed by atoms with Gasteiger partial charge in [-0.25, -0.2) is 4.39 Å². The quantitative estimate of drug-likeness (QED) is 0.872. The molecule has 104 valence electrons. The van der Waals surface area contributed by atoms with Crippen LogP contribution in [0.25, 0.3) is 0 Å². The van der Waals surface area contributed by atoms with Gasteiger partial charge in [-0.1, -0.05) is 17.7 Å². The SMILES string of the molecule is O=C(CCC1CCNC1)NCc1ccc(F)c(Cl)c1. The minimum absolute atomic E-state index is 0.0346. The number of carbonyl (C=O) groups is 1. The molecule has 2 N–H and O–H groups in total. The van der Waals surface area contributed by atoms with Gasteiger partial charge in [-0.05, 0) is 49.5 Å². The number of rotatable bonds is 5. The van der Waals surface area contributed by atoms with E-state index in [2.05, 4.69) is 10.6 Å². The van der Waals surface area contributed by atoms with E-state index in [9.17, 15) is 9.18 Å². The molecule has 2 rings (SSSR count). The molecule has 1 fully saturated rings. The van der Waals surface area contributed by atoms with Gasteiger partial charge in [-0.3, -0.25) is 4.79 Å². The lowest BCUT2D eigenvalue weighted by Crippen LogP contribution is -2.23. The zero-order chi connectivity index (χ0) is 13.7. The Balaban J connectivity index is 1.71. The predicted molar refractivity (Wildman–Crippen MR) is 73.5 cm³/mol. The standard InChI is InChI=1S/C14H18ClFN2O/c15-12-7-11(1-3-13(12)16)9-18-14(19)4-2-10-5-6-17-8-10/h1,3,7,10,17H,2,4-6,8-9H2,(H,18,19). The second kappa shape index (κ2) is 6.87. The highest BCUT2D eigenvalue weighted by atomic mass is 35.5. The first-order valence-corrected chi connectivity index (χ1v) is 6.94. The van der Waals surface area contributed by atoms with Gasteiger partial charge in [0, 0.05) is 13.0 Å². The first-order valence-electron chi connectivity index (χ1n) is 6.56. The van der Waals surface area contributed by atoms with Crippen molar-refractivity contribution in [3.8, 4) is 0 Å². The van der Waals surface area contributed by atoms with E-state index in [-0.39, 0.29) is 10.9 Å². The molecule has 1 saturated heterocycles. The van der Waals surface area contributed by atoms with Crippen LogP contribution in [0.4, 0.5) is 4.39 Å². The highest BCUT2D eigenvalue weighted by Gasteiger charge is 2.15. The minimum Gasteiger partial charge on any atom is -0.352 e. The van der Waals surface area contributed by atoms with Crippen molar-refractivity contribution in [2.24, 2.45) is 5.92 Å². The number of carbonyl (C=O) groups excluding carboxylic acids is 1. The van der Waals surface area contributed by atoms with Crippen molar-refractivity contribution in [3.63, 3.8) is 0 Å². The largest absolute Gasteiger partial charge is 0.352 e. The smallest absolute Gasteiger partial charge is 0.220 e. The molecule has 1 aromatic carbocycles. The van der Waals surface area contributed by atoms with E-state index in [4.69, 9.17) is 11.6 Å². The Morgan fingerprint density at radius 2 is 2.37 bits per heavy atom. The van der Waals surface area contributed by atoms with Crippen LogP contribution in [0.3, 0.4) is 0 Å². The van der Waals surface area contributed by atoms with Gasteiger partial charge in [0.05, 0.1) is 5.02 Å². The van der Waals surface area contributed by atoms with Crippen molar-refractivity contribution < 1.29 is 9.18 Å². The van der Waals surface area contributed by atoms with Gasteiger partial charge < -0.3 is 10.6 Å². The molecule has 19 heavy (non-hydrogen) atoms. The summed E-state index contributed by atoms with van der Waals surface area (Å²) in [4.78, 5) is 11.7. The van der Waals surface area contributed by atoms with Crippen LogP contribution >= 0.6 is 11.6 Å². The van der Waals surface area contributed by atoms with E-state index in [1.54, 1.807) is 6.07 Å². The molecule has 0 aliphatic carbocycles. The monoisotopic (exact) mass is 284 g/mol. The maximum absolute atomic E-state index is 13.0. The summed E-state index contributed by atoms with van der Waals surface area (Å²) in [5.74, 6) is 0.212. The van der Waals surface area contributed by atoms with Gasteiger partial charge in [0.2, 0.25) is 5.91 Å². The molecule has 3 nitrogen and oxygen atoms in total. The fourth-order valence-corrected chi connectivity index (χ4v) is 2.44. The van der Waals surface area contributed by atoms with Crippen molar-refractivity contribution in [2.45, 2.75) is 25.8 Å². The first kappa shape index (κ1) is 14.3. The average molecular weight is 285 g/mol. The molecule has 1 aliphatic rings. The van der Waals surface area contributed by atoms with Gasteiger partial charge in [0.1, 0.15) is 5.82 Å². The van der Waals surface area contributed by atoms with E-state index >= 15 is 0 Å². The topological polar surface area (TPSA) is 41.1 Å². The summed E-state index contributed by atoms with van der Waals surface area (Å²) >= 11 is 5.68. The molecule has 5 heteroatoms. The van der Waals surface area contributed by atoms with Gasteiger partial charge in [-0.15, -0.1) is 0 Å². The van der Waals surface area contributed by atoms with Crippen LogP contribution in [0.15, 0.2) is 18.2 Å². The van der Waals surface area contributed by atoms with Crippen LogP contribution in [0.2, 0.25) is 5.02 Å². The number of nitrogens with one attached hydrogen (secondary N) is 2. The third-order valence-electron chi connectivity index (χ3n) is 3.42. The Hall–Kier alpha value is -1.13. The molecule has 1 amide bonds. The van der Waals surface area contributed by atoms with Crippen LogP contribution in [0.1, 0.15) is 24.8 Å². The second-order valence-electron chi connectivity index (χ2n) is 4.92. The third-order valence-corrected chi connectivity index (χ3v) is 3.71. The molecular formula is C14H18ClFN2O. The number of hydrogen-bond donors (Lipinski definition) is 2. The maximum atomic E-state index is 13.0. The number of benzene rings is 1. The van der Waals surface area contributed by atoms with Crippen LogP contribution in [0.5, 0.6) is 0 Å². The Labute approximate surface area is 117 Å². The van der Waals surface area contributed by atoms with Crippen molar-refractivity contribution in [3.05, 3.63) is 34.6 Å². The minimum atomic E-state index is -0.439. The normalized spacial score (nSPS) is 18.5. The Morgan fingerprint density at radius 3 is 3.05 bits per heavy atom. The highest BCUT2D eigenvalue weighted by molar-refractivity contribution is 6.30. The fourth-order valence-electron chi connectivity index (χ4n) is 2.23. The molecule has 0 bridgehead atoms. The van der Waals surface area contributed by atoms with Crippen LogP contribution in [-0.4, -0.2) is 19.0 Å². The van der Waals surface area contributed by atoms with Crippen molar-refractivity contribution in [1.29, 1.82) is 0 Å². The summed E-state index contributed by atoms with van der Waals surface area (Å²) in [5, 5.41) is 6.20. The Kier molecular flexibility index (Phi) is 5.16. The molecule has 0 radical (unpaired) electrons. The molecule has 0 spiro atoms. The van der Waals surface area contributed by atoms with E-state index in [0.717, 1.165) is 31.5 Å². The summed E-state index contributed by atoms with van der Waals surface area (Å²) in [6, 6.07) is 4.48.